The lowest BCUT2D eigenvalue weighted by Gasteiger charge is -2.29. The molecule has 1 unspecified atom stereocenters. The van der Waals surface area contributed by atoms with Gasteiger partial charge in [0.05, 0.1) is 0 Å². The quantitative estimate of drug-likeness (QED) is 0.862. The molecule has 0 aliphatic heterocycles. The molecule has 94 valence electrons. The summed E-state index contributed by atoms with van der Waals surface area (Å²) in [6.07, 6.45) is 1.82. The maximum atomic E-state index is 6.59. The molecule has 0 fully saturated rings. The number of nitrogens with two attached hydrogens (primary N) is 1. The molecule has 0 saturated heterocycles. The molecule has 1 heteroatoms. The van der Waals surface area contributed by atoms with Gasteiger partial charge in [0.15, 0.2) is 0 Å². The summed E-state index contributed by atoms with van der Waals surface area (Å²) in [4.78, 5) is 0. The SMILES string of the molecule is CCC(N)(Cc1ccc(C)cc1)c1ccccc1. The number of hydrogen-bond acceptors (Lipinski definition) is 1. The molecular weight excluding hydrogens is 218 g/mol. The molecule has 0 spiro atoms. The van der Waals surface area contributed by atoms with Crippen molar-refractivity contribution in [3.05, 3.63) is 71.3 Å². The monoisotopic (exact) mass is 239 g/mol. The number of benzene rings is 2. The highest BCUT2D eigenvalue weighted by Crippen LogP contribution is 2.26. The zero-order chi connectivity index (χ0) is 13.0. The van der Waals surface area contributed by atoms with Crippen LogP contribution in [0.2, 0.25) is 0 Å². The van der Waals surface area contributed by atoms with E-state index in [0.717, 1.165) is 12.8 Å². The smallest absolute Gasteiger partial charge is 0.0447 e. The Morgan fingerprint density at radius 3 is 2.11 bits per heavy atom. The zero-order valence-corrected chi connectivity index (χ0v) is 11.2. The van der Waals surface area contributed by atoms with Gasteiger partial charge < -0.3 is 5.73 Å². The molecule has 0 bridgehead atoms. The third kappa shape index (κ3) is 2.80. The van der Waals surface area contributed by atoms with E-state index >= 15 is 0 Å². The number of rotatable bonds is 4. The van der Waals surface area contributed by atoms with E-state index in [9.17, 15) is 0 Å². The largest absolute Gasteiger partial charge is 0.321 e. The lowest BCUT2D eigenvalue weighted by atomic mass is 9.82. The second-order valence-electron chi connectivity index (χ2n) is 5.04. The van der Waals surface area contributed by atoms with Crippen molar-refractivity contribution >= 4 is 0 Å². The van der Waals surface area contributed by atoms with Crippen LogP contribution in [0.3, 0.4) is 0 Å². The number of hydrogen-bond donors (Lipinski definition) is 1. The highest BCUT2D eigenvalue weighted by molar-refractivity contribution is 5.29. The molecule has 1 nitrogen and oxygen atoms in total. The van der Waals surface area contributed by atoms with E-state index in [1.807, 2.05) is 6.07 Å². The van der Waals surface area contributed by atoms with Crippen LogP contribution in [0, 0.1) is 6.92 Å². The molecule has 2 rings (SSSR count). The van der Waals surface area contributed by atoms with Gasteiger partial charge in [-0.1, -0.05) is 67.1 Å². The lowest BCUT2D eigenvalue weighted by molar-refractivity contribution is 0.425. The first-order valence-corrected chi connectivity index (χ1v) is 6.54. The predicted molar refractivity (Wildman–Crippen MR) is 77.5 cm³/mol. The lowest BCUT2D eigenvalue weighted by Crippen LogP contribution is -2.38. The Bertz CT molecular complexity index is 487. The molecular formula is C17H21N. The molecule has 2 N–H and O–H groups in total. The molecule has 0 aliphatic carbocycles. The molecule has 0 aromatic heterocycles. The standard InChI is InChI=1S/C17H21N/c1-3-17(18,16-7-5-4-6-8-16)13-15-11-9-14(2)10-12-15/h4-12H,3,13,18H2,1-2H3. The molecule has 18 heavy (non-hydrogen) atoms. The minimum Gasteiger partial charge on any atom is -0.321 e. The van der Waals surface area contributed by atoms with E-state index in [4.69, 9.17) is 5.73 Å². The summed E-state index contributed by atoms with van der Waals surface area (Å²) in [7, 11) is 0. The summed E-state index contributed by atoms with van der Waals surface area (Å²) in [5, 5.41) is 0. The van der Waals surface area contributed by atoms with Gasteiger partial charge in [-0.05, 0) is 30.9 Å². The van der Waals surface area contributed by atoms with E-state index in [0.29, 0.717) is 0 Å². The van der Waals surface area contributed by atoms with Crippen LogP contribution in [0.15, 0.2) is 54.6 Å². The fraction of sp³-hybridized carbons (Fsp3) is 0.294. The number of aryl methyl sites for hydroxylation is 1. The van der Waals surface area contributed by atoms with Crippen LogP contribution in [0.25, 0.3) is 0 Å². The van der Waals surface area contributed by atoms with E-state index < -0.39 is 0 Å². The highest BCUT2D eigenvalue weighted by Gasteiger charge is 2.25. The molecule has 0 radical (unpaired) electrons. The van der Waals surface area contributed by atoms with Crippen molar-refractivity contribution in [2.24, 2.45) is 5.73 Å². The molecule has 0 aliphatic rings. The van der Waals surface area contributed by atoms with Gasteiger partial charge in [0, 0.05) is 5.54 Å². The van der Waals surface area contributed by atoms with Crippen molar-refractivity contribution in [1.82, 2.24) is 0 Å². The van der Waals surface area contributed by atoms with Crippen molar-refractivity contribution in [2.75, 3.05) is 0 Å². The maximum absolute atomic E-state index is 6.59. The van der Waals surface area contributed by atoms with Crippen molar-refractivity contribution < 1.29 is 0 Å². The van der Waals surface area contributed by atoms with Crippen molar-refractivity contribution in [2.45, 2.75) is 32.2 Å². The summed E-state index contributed by atoms with van der Waals surface area (Å²) in [6.45, 7) is 4.26. The Balaban J connectivity index is 2.26. The predicted octanol–water partition coefficient (Wildman–Crippen LogP) is 3.80. The topological polar surface area (TPSA) is 26.0 Å². The normalized spacial score (nSPS) is 14.2. The van der Waals surface area contributed by atoms with Crippen molar-refractivity contribution in [3.8, 4) is 0 Å². The molecule has 1 atom stereocenters. The third-order valence-corrected chi connectivity index (χ3v) is 3.62. The maximum Gasteiger partial charge on any atom is 0.0447 e. The van der Waals surface area contributed by atoms with E-state index in [-0.39, 0.29) is 5.54 Å². The van der Waals surface area contributed by atoms with Crippen LogP contribution in [0.1, 0.15) is 30.0 Å². The second-order valence-corrected chi connectivity index (χ2v) is 5.04. The highest BCUT2D eigenvalue weighted by atomic mass is 14.7. The summed E-state index contributed by atoms with van der Waals surface area (Å²) in [5.41, 5.74) is 10.1. The van der Waals surface area contributed by atoms with Crippen LogP contribution < -0.4 is 5.73 Å². The zero-order valence-electron chi connectivity index (χ0n) is 11.2. The van der Waals surface area contributed by atoms with Crippen LogP contribution >= 0.6 is 0 Å². The minimum atomic E-state index is -0.267. The van der Waals surface area contributed by atoms with Crippen LogP contribution in [-0.2, 0) is 12.0 Å². The van der Waals surface area contributed by atoms with Crippen molar-refractivity contribution in [1.29, 1.82) is 0 Å². The van der Waals surface area contributed by atoms with Gasteiger partial charge in [-0.2, -0.15) is 0 Å². The Labute approximate surface area is 110 Å². The first kappa shape index (κ1) is 12.8. The van der Waals surface area contributed by atoms with Gasteiger partial charge in [-0.15, -0.1) is 0 Å². The van der Waals surface area contributed by atoms with Crippen LogP contribution in [0.5, 0.6) is 0 Å². The average Bonchev–Trinajstić information content (AvgIpc) is 2.42. The van der Waals surface area contributed by atoms with Crippen LogP contribution in [-0.4, -0.2) is 0 Å². The van der Waals surface area contributed by atoms with E-state index in [1.165, 1.54) is 16.7 Å². The summed E-state index contributed by atoms with van der Waals surface area (Å²) in [5.74, 6) is 0. The van der Waals surface area contributed by atoms with Gasteiger partial charge in [0.1, 0.15) is 0 Å². The van der Waals surface area contributed by atoms with Gasteiger partial charge in [-0.3, -0.25) is 0 Å². The summed E-state index contributed by atoms with van der Waals surface area (Å²) >= 11 is 0. The Hall–Kier alpha value is -1.60. The molecule has 2 aromatic rings. The van der Waals surface area contributed by atoms with Gasteiger partial charge in [0.2, 0.25) is 0 Å². The molecule has 2 aromatic carbocycles. The third-order valence-electron chi connectivity index (χ3n) is 3.62. The second kappa shape index (κ2) is 5.36. The average molecular weight is 239 g/mol. The van der Waals surface area contributed by atoms with E-state index in [1.54, 1.807) is 0 Å². The fourth-order valence-electron chi connectivity index (χ4n) is 2.27. The Morgan fingerprint density at radius 1 is 0.944 bits per heavy atom. The van der Waals surface area contributed by atoms with Gasteiger partial charge >= 0.3 is 0 Å². The summed E-state index contributed by atoms with van der Waals surface area (Å²) in [6, 6.07) is 19.0. The first-order valence-electron chi connectivity index (χ1n) is 6.54. The van der Waals surface area contributed by atoms with Gasteiger partial charge in [-0.25, -0.2) is 0 Å². The van der Waals surface area contributed by atoms with E-state index in [2.05, 4.69) is 62.4 Å². The summed E-state index contributed by atoms with van der Waals surface area (Å²) < 4.78 is 0. The molecule has 0 saturated carbocycles. The minimum absolute atomic E-state index is 0.267. The van der Waals surface area contributed by atoms with Crippen LogP contribution in [0.4, 0.5) is 0 Å². The fourth-order valence-corrected chi connectivity index (χ4v) is 2.27. The van der Waals surface area contributed by atoms with Crippen molar-refractivity contribution in [3.63, 3.8) is 0 Å². The molecule has 0 amide bonds. The first-order chi connectivity index (χ1) is 8.64. The van der Waals surface area contributed by atoms with Gasteiger partial charge in [0.25, 0.3) is 0 Å². The molecule has 0 heterocycles. The Kier molecular flexibility index (Phi) is 3.83. The Morgan fingerprint density at radius 2 is 1.56 bits per heavy atom.